The third-order valence-electron chi connectivity index (χ3n) is 3.61. The molecule has 2 rings (SSSR count). The van der Waals surface area contributed by atoms with Gasteiger partial charge in [-0.2, -0.15) is 0 Å². The van der Waals surface area contributed by atoms with E-state index < -0.39 is 0 Å². The van der Waals surface area contributed by atoms with E-state index in [2.05, 4.69) is 36.2 Å². The summed E-state index contributed by atoms with van der Waals surface area (Å²) in [7, 11) is 1.82. The Morgan fingerprint density at radius 2 is 1.76 bits per heavy atom. The Kier molecular flexibility index (Phi) is 4.88. The lowest BCUT2D eigenvalue weighted by Gasteiger charge is -2.24. The molecule has 1 aromatic heterocycles. The van der Waals surface area contributed by atoms with E-state index in [0.717, 1.165) is 11.1 Å². The zero-order valence-corrected chi connectivity index (χ0v) is 12.7. The van der Waals surface area contributed by atoms with Crippen molar-refractivity contribution >= 4 is 12.0 Å². The number of aryl methyl sites for hydroxylation is 1. The molecular weight excluding hydrogens is 260 g/mol. The maximum absolute atomic E-state index is 12.2. The quantitative estimate of drug-likeness (QED) is 0.801. The molecular formula is C18H20N2O. The fourth-order valence-electron chi connectivity index (χ4n) is 2.02. The second kappa shape index (κ2) is 6.84. The number of aromatic nitrogens is 1. The van der Waals surface area contributed by atoms with Crippen LogP contribution in [0.15, 0.2) is 54.9 Å². The van der Waals surface area contributed by atoms with Crippen molar-refractivity contribution in [3.8, 4) is 0 Å². The highest BCUT2D eigenvalue weighted by atomic mass is 16.2. The molecule has 3 heteroatoms. The highest BCUT2D eigenvalue weighted by molar-refractivity contribution is 5.91. The number of likely N-dealkylation sites (N-methyl/N-ethyl adjacent to an activating group) is 1. The number of pyridine rings is 1. The normalized spacial score (nSPS) is 12.3. The van der Waals surface area contributed by atoms with Crippen LogP contribution in [-0.4, -0.2) is 22.8 Å². The van der Waals surface area contributed by atoms with Crippen LogP contribution in [0, 0.1) is 6.92 Å². The lowest BCUT2D eigenvalue weighted by molar-refractivity contribution is -0.126. The minimum Gasteiger partial charge on any atom is -0.335 e. The number of carbonyl (C=O) groups excluding carboxylic acids is 1. The molecule has 21 heavy (non-hydrogen) atoms. The second-order valence-electron chi connectivity index (χ2n) is 5.15. The smallest absolute Gasteiger partial charge is 0.246 e. The molecule has 0 radical (unpaired) electrons. The molecule has 1 heterocycles. The first-order valence-electron chi connectivity index (χ1n) is 6.99. The number of nitrogens with zero attached hydrogens (tertiary/aromatic N) is 2. The molecule has 0 aliphatic heterocycles. The van der Waals surface area contributed by atoms with Crippen molar-refractivity contribution in [2.75, 3.05) is 7.05 Å². The Hall–Kier alpha value is -2.42. The van der Waals surface area contributed by atoms with E-state index in [9.17, 15) is 4.79 Å². The largest absolute Gasteiger partial charge is 0.335 e. The Bertz CT molecular complexity index is 617. The van der Waals surface area contributed by atoms with Gasteiger partial charge < -0.3 is 4.90 Å². The topological polar surface area (TPSA) is 33.2 Å². The van der Waals surface area contributed by atoms with E-state index in [0.29, 0.717) is 0 Å². The zero-order valence-electron chi connectivity index (χ0n) is 12.7. The second-order valence-corrected chi connectivity index (χ2v) is 5.15. The predicted octanol–water partition coefficient (Wildman–Crippen LogP) is 3.62. The van der Waals surface area contributed by atoms with Gasteiger partial charge in [-0.3, -0.25) is 9.78 Å². The predicted molar refractivity (Wildman–Crippen MR) is 85.6 cm³/mol. The van der Waals surface area contributed by atoms with Gasteiger partial charge in [0.1, 0.15) is 0 Å². The number of hydrogen-bond donors (Lipinski definition) is 0. The third kappa shape index (κ3) is 4.02. The van der Waals surface area contributed by atoms with Crippen LogP contribution in [0.3, 0.4) is 0 Å². The van der Waals surface area contributed by atoms with Crippen LogP contribution in [0.2, 0.25) is 0 Å². The number of rotatable bonds is 4. The summed E-state index contributed by atoms with van der Waals surface area (Å²) >= 11 is 0. The van der Waals surface area contributed by atoms with Crippen LogP contribution >= 0.6 is 0 Å². The van der Waals surface area contributed by atoms with Gasteiger partial charge in [0.15, 0.2) is 0 Å². The average Bonchev–Trinajstić information content (AvgIpc) is 2.53. The number of carbonyl (C=O) groups is 1. The van der Waals surface area contributed by atoms with Crippen molar-refractivity contribution in [2.45, 2.75) is 19.9 Å². The van der Waals surface area contributed by atoms with Gasteiger partial charge in [0.05, 0.1) is 6.04 Å². The molecule has 0 saturated carbocycles. The average molecular weight is 280 g/mol. The molecule has 108 valence electrons. The molecule has 0 aliphatic carbocycles. The van der Waals surface area contributed by atoms with Gasteiger partial charge in [0, 0.05) is 25.5 Å². The SMILES string of the molecule is Cc1ccc(C(C)N(C)C(=O)C=Cc2ccncc2)cc1. The first-order chi connectivity index (χ1) is 10.1. The fraction of sp³-hybridized carbons (Fsp3) is 0.222. The van der Waals surface area contributed by atoms with E-state index in [1.54, 1.807) is 23.4 Å². The van der Waals surface area contributed by atoms with Gasteiger partial charge in [0.2, 0.25) is 5.91 Å². The van der Waals surface area contributed by atoms with Gasteiger partial charge in [0.25, 0.3) is 0 Å². The molecule has 0 saturated heterocycles. The maximum atomic E-state index is 12.2. The first-order valence-corrected chi connectivity index (χ1v) is 6.99. The monoisotopic (exact) mass is 280 g/mol. The Labute approximate surface area is 125 Å². The molecule has 3 nitrogen and oxygen atoms in total. The molecule has 0 aliphatic rings. The highest BCUT2D eigenvalue weighted by Crippen LogP contribution is 2.19. The number of amides is 1. The van der Waals surface area contributed by atoms with Crippen molar-refractivity contribution in [3.63, 3.8) is 0 Å². The summed E-state index contributed by atoms with van der Waals surface area (Å²) in [6.45, 7) is 4.09. The molecule has 0 spiro atoms. The summed E-state index contributed by atoms with van der Waals surface area (Å²) in [4.78, 5) is 17.9. The van der Waals surface area contributed by atoms with Gasteiger partial charge in [-0.05, 0) is 43.2 Å². The maximum Gasteiger partial charge on any atom is 0.246 e. The Morgan fingerprint density at radius 1 is 1.14 bits per heavy atom. The minimum absolute atomic E-state index is 0.0140. The molecule has 1 atom stereocenters. The third-order valence-corrected chi connectivity index (χ3v) is 3.61. The summed E-state index contributed by atoms with van der Waals surface area (Å²) in [6.07, 6.45) is 6.83. The van der Waals surface area contributed by atoms with Crippen molar-refractivity contribution in [2.24, 2.45) is 0 Å². The molecule has 0 N–H and O–H groups in total. The summed E-state index contributed by atoms with van der Waals surface area (Å²) in [5, 5.41) is 0. The lowest BCUT2D eigenvalue weighted by atomic mass is 10.1. The molecule has 0 fully saturated rings. The van der Waals surface area contributed by atoms with Crippen LogP contribution in [0.5, 0.6) is 0 Å². The fourth-order valence-corrected chi connectivity index (χ4v) is 2.02. The van der Waals surface area contributed by atoms with Crippen molar-refractivity contribution < 1.29 is 4.79 Å². The van der Waals surface area contributed by atoms with E-state index in [-0.39, 0.29) is 11.9 Å². The van der Waals surface area contributed by atoms with Crippen LogP contribution < -0.4 is 0 Å². The Morgan fingerprint density at radius 3 is 2.38 bits per heavy atom. The van der Waals surface area contributed by atoms with E-state index in [4.69, 9.17) is 0 Å². The summed E-state index contributed by atoms with van der Waals surface area (Å²) < 4.78 is 0. The van der Waals surface area contributed by atoms with E-state index in [1.165, 1.54) is 5.56 Å². The molecule has 2 aromatic rings. The zero-order chi connectivity index (χ0) is 15.2. The van der Waals surface area contributed by atoms with Crippen LogP contribution in [0.25, 0.3) is 6.08 Å². The summed E-state index contributed by atoms with van der Waals surface area (Å²) in [5.41, 5.74) is 3.32. The van der Waals surface area contributed by atoms with Gasteiger partial charge >= 0.3 is 0 Å². The van der Waals surface area contributed by atoms with Crippen LogP contribution in [-0.2, 0) is 4.79 Å². The van der Waals surface area contributed by atoms with Gasteiger partial charge in [-0.25, -0.2) is 0 Å². The van der Waals surface area contributed by atoms with Crippen molar-refractivity contribution in [1.82, 2.24) is 9.88 Å². The first kappa shape index (κ1) is 15.0. The van der Waals surface area contributed by atoms with Crippen molar-refractivity contribution in [3.05, 3.63) is 71.6 Å². The summed E-state index contributed by atoms with van der Waals surface area (Å²) in [5.74, 6) is -0.0140. The van der Waals surface area contributed by atoms with Crippen LogP contribution in [0.1, 0.15) is 29.7 Å². The summed E-state index contributed by atoms with van der Waals surface area (Å²) in [6, 6.07) is 12.0. The molecule has 1 unspecified atom stereocenters. The van der Waals surface area contributed by atoms with Gasteiger partial charge in [-0.1, -0.05) is 29.8 Å². The van der Waals surface area contributed by atoms with Crippen LogP contribution in [0.4, 0.5) is 0 Å². The lowest BCUT2D eigenvalue weighted by Crippen LogP contribution is -2.27. The minimum atomic E-state index is -0.0140. The van der Waals surface area contributed by atoms with E-state index >= 15 is 0 Å². The van der Waals surface area contributed by atoms with Gasteiger partial charge in [-0.15, -0.1) is 0 Å². The Balaban J connectivity index is 2.05. The highest BCUT2D eigenvalue weighted by Gasteiger charge is 2.14. The number of benzene rings is 1. The number of hydrogen-bond acceptors (Lipinski definition) is 2. The van der Waals surface area contributed by atoms with Crippen molar-refractivity contribution in [1.29, 1.82) is 0 Å². The molecule has 1 amide bonds. The molecule has 1 aromatic carbocycles. The van der Waals surface area contributed by atoms with E-state index in [1.807, 2.05) is 32.2 Å². The standard InChI is InChI=1S/C18H20N2O/c1-14-4-7-17(8-5-14)15(2)20(3)18(21)9-6-16-10-12-19-13-11-16/h4-13,15H,1-3H3. The molecule has 0 bridgehead atoms.